The molecule has 0 aromatic carbocycles. The van der Waals surface area contributed by atoms with Crippen molar-refractivity contribution in [3.05, 3.63) is 0 Å². The van der Waals surface area contributed by atoms with Crippen molar-refractivity contribution in [2.24, 2.45) is 5.92 Å². The number of cyclic esters (lactones) is 2. The summed E-state index contributed by atoms with van der Waals surface area (Å²) in [5.41, 5.74) is 0. The Morgan fingerprint density at radius 1 is 1.33 bits per heavy atom. The number of ether oxygens (including phenoxy) is 2. The van der Waals surface area contributed by atoms with E-state index in [-0.39, 0.29) is 37.0 Å². The highest BCUT2D eigenvalue weighted by Crippen LogP contribution is 2.11. The second kappa shape index (κ2) is 3.56. The second-order valence-corrected chi connectivity index (χ2v) is 3.04. The number of carbonyl (C=O) groups excluding carboxylic acids is 2. The number of hydrogen-bond donors (Lipinski definition) is 0. The highest BCUT2D eigenvalue weighted by molar-refractivity contribution is 5.80. The van der Waals surface area contributed by atoms with E-state index in [0.717, 1.165) is 0 Å². The van der Waals surface area contributed by atoms with Gasteiger partial charge in [-0.25, -0.2) is 0 Å². The molecule has 2 atom stereocenters. The summed E-state index contributed by atoms with van der Waals surface area (Å²) < 4.78 is 9.73. The first-order valence-corrected chi connectivity index (χ1v) is 3.95. The van der Waals surface area contributed by atoms with Crippen LogP contribution in [0.25, 0.3) is 0 Å². The van der Waals surface area contributed by atoms with Crippen molar-refractivity contribution < 1.29 is 19.1 Å². The molecule has 0 aliphatic carbocycles. The third kappa shape index (κ3) is 2.22. The van der Waals surface area contributed by atoms with Gasteiger partial charge >= 0.3 is 11.9 Å². The van der Waals surface area contributed by atoms with Gasteiger partial charge in [0.05, 0.1) is 12.3 Å². The minimum Gasteiger partial charge on any atom is -0.462 e. The van der Waals surface area contributed by atoms with Crippen molar-refractivity contribution in [3.63, 3.8) is 0 Å². The first kappa shape index (κ1) is 9.03. The summed E-state index contributed by atoms with van der Waals surface area (Å²) >= 11 is 0. The fourth-order valence-corrected chi connectivity index (χ4v) is 0.951. The molecule has 1 aliphatic heterocycles. The van der Waals surface area contributed by atoms with Crippen LogP contribution in [0.15, 0.2) is 0 Å². The monoisotopic (exact) mass is 172 g/mol. The van der Waals surface area contributed by atoms with Gasteiger partial charge in [-0.1, -0.05) is 6.92 Å². The van der Waals surface area contributed by atoms with Crippen LogP contribution in [0.2, 0.25) is 0 Å². The van der Waals surface area contributed by atoms with Crippen molar-refractivity contribution in [1.82, 2.24) is 0 Å². The molecule has 0 aromatic heterocycles. The molecule has 4 nitrogen and oxygen atoms in total. The van der Waals surface area contributed by atoms with E-state index in [4.69, 9.17) is 9.47 Å². The molecule has 2 unspecified atom stereocenters. The average molecular weight is 172 g/mol. The minimum absolute atomic E-state index is 0.117. The quantitative estimate of drug-likeness (QED) is 0.499. The van der Waals surface area contributed by atoms with E-state index >= 15 is 0 Å². The van der Waals surface area contributed by atoms with Gasteiger partial charge in [-0.2, -0.15) is 0 Å². The molecule has 1 rings (SSSR count). The summed E-state index contributed by atoms with van der Waals surface area (Å²) in [5, 5.41) is 0. The standard InChI is InChI=1S/C8H12O4/c1-5-3-7(9)11-4-6(2)12-8(5)10/h5-6H,3-4H2,1-2H3. The first-order chi connectivity index (χ1) is 5.59. The van der Waals surface area contributed by atoms with Crippen LogP contribution in [0, 0.1) is 5.92 Å². The summed E-state index contributed by atoms with van der Waals surface area (Å²) in [7, 11) is 0. The van der Waals surface area contributed by atoms with E-state index in [1.165, 1.54) is 0 Å². The zero-order valence-electron chi connectivity index (χ0n) is 7.20. The van der Waals surface area contributed by atoms with Gasteiger partial charge in [-0.3, -0.25) is 9.59 Å². The Bertz CT molecular complexity index is 199. The molecule has 0 aromatic rings. The van der Waals surface area contributed by atoms with Gasteiger partial charge in [-0.05, 0) is 6.92 Å². The maximum atomic E-state index is 11.1. The molecule has 1 heterocycles. The van der Waals surface area contributed by atoms with E-state index in [0.29, 0.717) is 0 Å². The van der Waals surface area contributed by atoms with E-state index in [9.17, 15) is 9.59 Å². The van der Waals surface area contributed by atoms with Crippen LogP contribution in [-0.2, 0) is 19.1 Å². The Morgan fingerprint density at radius 3 is 2.67 bits per heavy atom. The molecule has 68 valence electrons. The van der Waals surface area contributed by atoms with Crippen LogP contribution >= 0.6 is 0 Å². The molecule has 0 spiro atoms. The molecule has 4 heteroatoms. The van der Waals surface area contributed by atoms with E-state index in [1.54, 1.807) is 13.8 Å². The lowest BCUT2D eigenvalue weighted by molar-refractivity contribution is -0.168. The number of carbonyl (C=O) groups is 2. The lowest BCUT2D eigenvalue weighted by atomic mass is 10.1. The predicted octanol–water partition coefficient (Wildman–Crippen LogP) is 0.501. The van der Waals surface area contributed by atoms with Crippen molar-refractivity contribution in [3.8, 4) is 0 Å². The van der Waals surface area contributed by atoms with Crippen LogP contribution in [0.3, 0.4) is 0 Å². The Hall–Kier alpha value is -1.06. The van der Waals surface area contributed by atoms with Gasteiger partial charge in [-0.15, -0.1) is 0 Å². The number of hydrogen-bond acceptors (Lipinski definition) is 4. The summed E-state index contributed by atoms with van der Waals surface area (Å²) in [6, 6.07) is 0. The largest absolute Gasteiger partial charge is 0.462 e. The molecule has 1 aliphatic rings. The van der Waals surface area contributed by atoms with Gasteiger partial charge in [0.1, 0.15) is 12.7 Å². The van der Waals surface area contributed by atoms with Crippen molar-refractivity contribution in [2.45, 2.75) is 26.4 Å². The molecular formula is C8H12O4. The highest BCUT2D eigenvalue weighted by Gasteiger charge is 2.24. The van der Waals surface area contributed by atoms with Crippen molar-refractivity contribution in [2.75, 3.05) is 6.61 Å². The van der Waals surface area contributed by atoms with Crippen LogP contribution in [-0.4, -0.2) is 24.6 Å². The number of esters is 2. The zero-order valence-corrected chi connectivity index (χ0v) is 7.20. The molecule has 1 saturated heterocycles. The van der Waals surface area contributed by atoms with Crippen LogP contribution < -0.4 is 0 Å². The smallest absolute Gasteiger partial charge is 0.309 e. The third-order valence-corrected chi connectivity index (χ3v) is 1.67. The Labute approximate surface area is 70.8 Å². The Kier molecular flexibility index (Phi) is 2.68. The van der Waals surface area contributed by atoms with Gasteiger partial charge < -0.3 is 9.47 Å². The zero-order chi connectivity index (χ0) is 9.14. The summed E-state index contributed by atoms with van der Waals surface area (Å²) in [6.45, 7) is 3.52. The summed E-state index contributed by atoms with van der Waals surface area (Å²) in [5.74, 6) is -1.04. The normalized spacial score (nSPS) is 31.5. The van der Waals surface area contributed by atoms with Crippen molar-refractivity contribution >= 4 is 11.9 Å². The van der Waals surface area contributed by atoms with Gasteiger partial charge in [0.25, 0.3) is 0 Å². The molecule has 0 bridgehead atoms. The molecule has 0 amide bonds. The van der Waals surface area contributed by atoms with Crippen LogP contribution in [0.1, 0.15) is 20.3 Å². The topological polar surface area (TPSA) is 52.6 Å². The molecular weight excluding hydrogens is 160 g/mol. The number of rotatable bonds is 0. The lowest BCUT2D eigenvalue weighted by Crippen LogP contribution is -2.30. The fourth-order valence-electron chi connectivity index (χ4n) is 0.951. The van der Waals surface area contributed by atoms with Gasteiger partial charge in [0.2, 0.25) is 0 Å². The van der Waals surface area contributed by atoms with E-state index in [1.807, 2.05) is 0 Å². The Balaban J connectivity index is 2.60. The Morgan fingerprint density at radius 2 is 2.00 bits per heavy atom. The summed E-state index contributed by atoms with van der Waals surface area (Å²) in [6.07, 6.45) is -0.213. The van der Waals surface area contributed by atoms with E-state index in [2.05, 4.69) is 0 Å². The first-order valence-electron chi connectivity index (χ1n) is 3.95. The SMILES string of the molecule is CC1COC(=O)CC(C)C(=O)O1. The van der Waals surface area contributed by atoms with Crippen LogP contribution in [0.5, 0.6) is 0 Å². The lowest BCUT2D eigenvalue weighted by Gasteiger charge is -2.20. The molecule has 0 N–H and O–H groups in total. The van der Waals surface area contributed by atoms with Crippen LogP contribution in [0.4, 0.5) is 0 Å². The third-order valence-electron chi connectivity index (χ3n) is 1.67. The van der Waals surface area contributed by atoms with Gasteiger partial charge in [0.15, 0.2) is 0 Å². The predicted molar refractivity (Wildman–Crippen MR) is 40.3 cm³/mol. The highest BCUT2D eigenvalue weighted by atomic mass is 16.6. The summed E-state index contributed by atoms with van der Waals surface area (Å²) in [4.78, 5) is 22.0. The molecule has 12 heavy (non-hydrogen) atoms. The molecule has 1 fully saturated rings. The van der Waals surface area contributed by atoms with E-state index < -0.39 is 0 Å². The maximum absolute atomic E-state index is 11.1. The van der Waals surface area contributed by atoms with Gasteiger partial charge in [0, 0.05) is 0 Å². The molecule has 0 radical (unpaired) electrons. The van der Waals surface area contributed by atoms with Crippen molar-refractivity contribution in [1.29, 1.82) is 0 Å². The average Bonchev–Trinajstić information content (AvgIpc) is 1.99. The fraction of sp³-hybridized carbons (Fsp3) is 0.750. The molecule has 0 saturated carbocycles. The maximum Gasteiger partial charge on any atom is 0.309 e. The second-order valence-electron chi connectivity index (χ2n) is 3.04. The minimum atomic E-state index is -0.389.